The summed E-state index contributed by atoms with van der Waals surface area (Å²) >= 11 is 0. The highest BCUT2D eigenvalue weighted by Gasteiger charge is 2.40. The maximum Gasteiger partial charge on any atom is 0.192 e. The molecule has 2 heterocycles. The van der Waals surface area contributed by atoms with Crippen molar-refractivity contribution in [3.63, 3.8) is 0 Å². The van der Waals surface area contributed by atoms with Gasteiger partial charge in [-0.05, 0) is 37.4 Å². The molecular formula is C16H20N2O2. The molecule has 20 heavy (non-hydrogen) atoms. The van der Waals surface area contributed by atoms with Crippen LogP contribution in [0.1, 0.15) is 23.5 Å². The number of hydrogen-bond acceptors (Lipinski definition) is 3. The van der Waals surface area contributed by atoms with Crippen LogP contribution in [0.3, 0.4) is 0 Å². The van der Waals surface area contributed by atoms with Crippen molar-refractivity contribution in [1.29, 1.82) is 0 Å². The van der Waals surface area contributed by atoms with Crippen LogP contribution in [-0.2, 0) is 6.42 Å². The van der Waals surface area contributed by atoms with E-state index >= 15 is 0 Å². The van der Waals surface area contributed by atoms with Crippen LogP contribution < -0.4 is 0 Å². The van der Waals surface area contributed by atoms with E-state index in [1.807, 2.05) is 6.07 Å². The van der Waals surface area contributed by atoms with E-state index in [1.165, 1.54) is 10.9 Å². The first kappa shape index (κ1) is 12.2. The zero-order valence-electron chi connectivity index (χ0n) is 11.6. The highest BCUT2D eigenvalue weighted by atomic mass is 16.3. The van der Waals surface area contributed by atoms with Crippen molar-refractivity contribution in [3.8, 4) is 5.88 Å². The van der Waals surface area contributed by atoms with Gasteiger partial charge in [0.1, 0.15) is 0 Å². The van der Waals surface area contributed by atoms with Crippen LogP contribution in [0.15, 0.2) is 18.2 Å². The van der Waals surface area contributed by atoms with Crippen LogP contribution in [0.4, 0.5) is 0 Å². The number of hydrogen-bond donors (Lipinski definition) is 3. The predicted octanol–water partition coefficient (Wildman–Crippen LogP) is 1.83. The molecule has 0 radical (unpaired) electrons. The van der Waals surface area contributed by atoms with Crippen molar-refractivity contribution in [2.75, 3.05) is 20.2 Å². The van der Waals surface area contributed by atoms with E-state index in [0.717, 1.165) is 30.5 Å². The third-order valence-electron chi connectivity index (χ3n) is 5.17. The van der Waals surface area contributed by atoms with Crippen molar-refractivity contribution >= 4 is 10.9 Å². The lowest BCUT2D eigenvalue weighted by Gasteiger charge is -2.45. The number of aromatic nitrogens is 1. The Morgan fingerprint density at radius 3 is 3.05 bits per heavy atom. The van der Waals surface area contributed by atoms with Gasteiger partial charge in [0.15, 0.2) is 5.88 Å². The number of aliphatic hydroxyl groups is 1. The highest BCUT2D eigenvalue weighted by molar-refractivity contribution is 5.90. The molecule has 2 aliphatic rings. The third kappa shape index (κ3) is 1.55. The molecule has 1 saturated heterocycles. The zero-order chi connectivity index (χ0) is 13.9. The van der Waals surface area contributed by atoms with E-state index in [2.05, 4.69) is 29.1 Å². The largest absolute Gasteiger partial charge is 0.494 e. The molecule has 1 aliphatic carbocycles. The second-order valence-corrected chi connectivity index (χ2v) is 6.32. The molecule has 106 valence electrons. The number of rotatable bonds is 1. The van der Waals surface area contributed by atoms with Gasteiger partial charge in [0.2, 0.25) is 0 Å². The molecule has 0 bridgehead atoms. The fraction of sp³-hybridized carbons (Fsp3) is 0.500. The van der Waals surface area contributed by atoms with Crippen molar-refractivity contribution < 1.29 is 10.2 Å². The molecule has 3 atom stereocenters. The standard InChI is InChI=1S/C16H20N2O2/c1-18-7-9(8-19)5-11-10-3-2-4-13-15(10)12(6-14(11)18)16(20)17-13/h2-4,9,11,14,17,19-20H,5-8H2,1H3/t9?,11-,14-/m1/s1. The second-order valence-electron chi connectivity index (χ2n) is 6.32. The second kappa shape index (κ2) is 4.24. The van der Waals surface area contributed by atoms with E-state index in [0.29, 0.717) is 23.8 Å². The van der Waals surface area contributed by atoms with E-state index < -0.39 is 0 Å². The molecule has 4 nitrogen and oxygen atoms in total. The molecule has 1 aromatic carbocycles. The molecule has 1 aliphatic heterocycles. The fourth-order valence-electron chi connectivity index (χ4n) is 4.25. The Kier molecular flexibility index (Phi) is 2.59. The number of aromatic hydroxyl groups is 1. The first-order chi connectivity index (χ1) is 9.69. The van der Waals surface area contributed by atoms with Gasteiger partial charge in [-0.25, -0.2) is 0 Å². The fourth-order valence-corrected chi connectivity index (χ4v) is 4.25. The lowest BCUT2D eigenvalue weighted by Crippen LogP contribution is -2.48. The molecular weight excluding hydrogens is 252 g/mol. The van der Waals surface area contributed by atoms with Crippen LogP contribution >= 0.6 is 0 Å². The molecule has 0 spiro atoms. The van der Waals surface area contributed by atoms with E-state index in [4.69, 9.17) is 0 Å². The van der Waals surface area contributed by atoms with Crippen LogP contribution in [0.25, 0.3) is 10.9 Å². The Hall–Kier alpha value is -1.52. The summed E-state index contributed by atoms with van der Waals surface area (Å²) in [6.45, 7) is 1.20. The Bertz CT molecular complexity index is 664. The first-order valence-electron chi connectivity index (χ1n) is 7.32. The lowest BCUT2D eigenvalue weighted by atomic mass is 9.72. The average molecular weight is 272 g/mol. The number of H-pyrrole nitrogens is 1. The Morgan fingerprint density at radius 2 is 2.25 bits per heavy atom. The molecule has 1 unspecified atom stereocenters. The van der Waals surface area contributed by atoms with E-state index in [-0.39, 0.29) is 6.61 Å². The number of aliphatic hydroxyl groups excluding tert-OH is 1. The zero-order valence-corrected chi connectivity index (χ0v) is 11.6. The Balaban J connectivity index is 1.89. The van der Waals surface area contributed by atoms with Crippen molar-refractivity contribution in [3.05, 3.63) is 29.3 Å². The van der Waals surface area contributed by atoms with Gasteiger partial charge in [0.25, 0.3) is 0 Å². The molecule has 1 fully saturated rings. The normalized spacial score (nSPS) is 29.6. The molecule has 0 saturated carbocycles. The topological polar surface area (TPSA) is 59.5 Å². The Labute approximate surface area is 118 Å². The quantitative estimate of drug-likeness (QED) is 0.742. The molecule has 1 aromatic heterocycles. The minimum Gasteiger partial charge on any atom is -0.494 e. The number of likely N-dealkylation sites (N-methyl/N-ethyl adjacent to an activating group) is 1. The smallest absolute Gasteiger partial charge is 0.192 e. The minimum atomic E-state index is 0.259. The van der Waals surface area contributed by atoms with Crippen LogP contribution in [0.5, 0.6) is 5.88 Å². The summed E-state index contributed by atoms with van der Waals surface area (Å²) in [4.78, 5) is 5.45. The molecule has 2 aromatic rings. The van der Waals surface area contributed by atoms with Crippen molar-refractivity contribution in [2.24, 2.45) is 5.92 Å². The molecule has 4 heteroatoms. The van der Waals surface area contributed by atoms with Gasteiger partial charge in [-0.1, -0.05) is 12.1 Å². The average Bonchev–Trinajstić information content (AvgIpc) is 2.77. The summed E-state index contributed by atoms with van der Waals surface area (Å²) in [5, 5.41) is 20.9. The first-order valence-corrected chi connectivity index (χ1v) is 7.32. The van der Waals surface area contributed by atoms with Crippen LogP contribution in [0.2, 0.25) is 0 Å². The third-order valence-corrected chi connectivity index (χ3v) is 5.17. The van der Waals surface area contributed by atoms with Gasteiger partial charge < -0.3 is 20.1 Å². The number of fused-ring (bicyclic) bond motifs is 2. The van der Waals surface area contributed by atoms with Gasteiger partial charge in [0, 0.05) is 41.6 Å². The monoisotopic (exact) mass is 272 g/mol. The number of benzene rings is 1. The summed E-state index contributed by atoms with van der Waals surface area (Å²) in [6, 6.07) is 6.70. The summed E-state index contributed by atoms with van der Waals surface area (Å²) in [7, 11) is 2.13. The van der Waals surface area contributed by atoms with Gasteiger partial charge in [0.05, 0.1) is 0 Å². The number of likely N-dealkylation sites (tertiary alicyclic amines) is 1. The van der Waals surface area contributed by atoms with Gasteiger partial charge in [-0.3, -0.25) is 0 Å². The highest BCUT2D eigenvalue weighted by Crippen LogP contribution is 2.46. The predicted molar refractivity (Wildman–Crippen MR) is 78.0 cm³/mol. The van der Waals surface area contributed by atoms with Crippen molar-refractivity contribution in [1.82, 2.24) is 9.88 Å². The summed E-state index contributed by atoms with van der Waals surface area (Å²) in [5.74, 6) is 1.13. The van der Waals surface area contributed by atoms with Gasteiger partial charge >= 0.3 is 0 Å². The summed E-state index contributed by atoms with van der Waals surface area (Å²) < 4.78 is 0. The number of aromatic amines is 1. The van der Waals surface area contributed by atoms with Crippen LogP contribution in [0, 0.1) is 5.92 Å². The number of nitrogens with one attached hydrogen (secondary N) is 1. The molecule has 4 rings (SSSR count). The molecule has 0 amide bonds. The Morgan fingerprint density at radius 1 is 1.40 bits per heavy atom. The van der Waals surface area contributed by atoms with Gasteiger partial charge in [-0.2, -0.15) is 0 Å². The maximum atomic E-state index is 10.2. The maximum absolute atomic E-state index is 10.2. The van der Waals surface area contributed by atoms with Crippen molar-refractivity contribution in [2.45, 2.75) is 24.8 Å². The summed E-state index contributed by atoms with van der Waals surface area (Å²) in [5.41, 5.74) is 3.42. The minimum absolute atomic E-state index is 0.259. The molecule has 3 N–H and O–H groups in total. The van der Waals surface area contributed by atoms with Crippen LogP contribution in [-0.4, -0.2) is 46.3 Å². The SMILES string of the molecule is CN1CC(CO)C[C@@H]2c3cccc4[nH]c(O)c(c34)C[C@H]21. The number of nitrogens with zero attached hydrogens (tertiary/aromatic N) is 1. The summed E-state index contributed by atoms with van der Waals surface area (Å²) in [6.07, 6.45) is 1.93. The number of piperidine rings is 1. The van der Waals surface area contributed by atoms with E-state index in [9.17, 15) is 10.2 Å². The lowest BCUT2D eigenvalue weighted by molar-refractivity contribution is 0.0768. The van der Waals surface area contributed by atoms with E-state index in [1.54, 1.807) is 0 Å². The van der Waals surface area contributed by atoms with Gasteiger partial charge in [-0.15, -0.1) is 0 Å².